The molecule has 1 fully saturated rings. The third-order valence-corrected chi connectivity index (χ3v) is 2.34. The normalized spacial score (nSPS) is 25.3. The van der Waals surface area contributed by atoms with Gasteiger partial charge in [0.1, 0.15) is 0 Å². The first kappa shape index (κ1) is 9.75. The fraction of sp³-hybridized carbons (Fsp3) is 0.800. The predicted octanol–water partition coefficient (Wildman–Crippen LogP) is 1.60. The summed E-state index contributed by atoms with van der Waals surface area (Å²) in [5.41, 5.74) is 1.14. The van der Waals surface area contributed by atoms with Crippen LogP contribution in [0.2, 0.25) is 0 Å². The third-order valence-electron chi connectivity index (χ3n) is 2.34. The van der Waals surface area contributed by atoms with Gasteiger partial charge in [0.15, 0.2) is 0 Å². The Kier molecular flexibility index (Phi) is 3.76. The van der Waals surface area contributed by atoms with Crippen molar-refractivity contribution < 1.29 is 9.84 Å². The molecule has 1 atom stereocenters. The highest BCUT2D eigenvalue weighted by atomic mass is 16.5. The lowest BCUT2D eigenvalue weighted by Gasteiger charge is -2.10. The summed E-state index contributed by atoms with van der Waals surface area (Å²) in [4.78, 5) is 0. The Balaban J connectivity index is 2.50. The maximum Gasteiger partial charge on any atom is 0.0644 e. The highest BCUT2D eigenvalue weighted by molar-refractivity contribution is 5.07. The standard InChI is InChI=1S/C10H18O2/c1-8(2)10(6-11)5-9-3-4-12-7-9/h5,8-9,11H,3-4,6-7H2,1-2H3/b10-5-. The van der Waals surface area contributed by atoms with Crippen molar-refractivity contribution >= 4 is 0 Å². The Labute approximate surface area is 74.2 Å². The van der Waals surface area contributed by atoms with Gasteiger partial charge in [0.05, 0.1) is 13.2 Å². The SMILES string of the molecule is CC(C)/C(=C\C1CCOC1)CO. The van der Waals surface area contributed by atoms with Crippen LogP contribution in [0.15, 0.2) is 11.6 Å². The number of aliphatic hydroxyl groups excluding tert-OH is 1. The first-order valence-electron chi connectivity index (χ1n) is 4.63. The molecule has 0 spiro atoms. The van der Waals surface area contributed by atoms with E-state index in [0.717, 1.165) is 25.2 Å². The quantitative estimate of drug-likeness (QED) is 0.652. The Morgan fingerprint density at radius 2 is 2.42 bits per heavy atom. The van der Waals surface area contributed by atoms with Crippen LogP contribution in [0.1, 0.15) is 20.3 Å². The molecule has 1 saturated heterocycles. The summed E-state index contributed by atoms with van der Waals surface area (Å²) in [6, 6.07) is 0. The molecule has 0 bridgehead atoms. The molecule has 0 saturated carbocycles. The molecule has 12 heavy (non-hydrogen) atoms. The van der Waals surface area contributed by atoms with Gasteiger partial charge in [0.25, 0.3) is 0 Å². The summed E-state index contributed by atoms with van der Waals surface area (Å²) in [5, 5.41) is 9.05. The van der Waals surface area contributed by atoms with Gasteiger partial charge in [-0.25, -0.2) is 0 Å². The van der Waals surface area contributed by atoms with Crippen LogP contribution >= 0.6 is 0 Å². The van der Waals surface area contributed by atoms with Crippen molar-refractivity contribution in [2.24, 2.45) is 11.8 Å². The molecule has 0 radical (unpaired) electrons. The Hall–Kier alpha value is -0.340. The first-order valence-corrected chi connectivity index (χ1v) is 4.63. The van der Waals surface area contributed by atoms with Crippen LogP contribution in [-0.2, 0) is 4.74 Å². The zero-order valence-corrected chi connectivity index (χ0v) is 7.92. The number of hydrogen-bond acceptors (Lipinski definition) is 2. The summed E-state index contributed by atoms with van der Waals surface area (Å²) in [6.07, 6.45) is 3.29. The Morgan fingerprint density at radius 3 is 2.83 bits per heavy atom. The molecule has 1 unspecified atom stereocenters. The van der Waals surface area contributed by atoms with E-state index in [9.17, 15) is 0 Å². The van der Waals surface area contributed by atoms with Crippen molar-refractivity contribution in [1.82, 2.24) is 0 Å². The third kappa shape index (κ3) is 2.61. The molecule has 1 aliphatic rings. The summed E-state index contributed by atoms with van der Waals surface area (Å²) >= 11 is 0. The molecular weight excluding hydrogens is 152 g/mol. The van der Waals surface area contributed by atoms with Crippen molar-refractivity contribution in [2.75, 3.05) is 19.8 Å². The van der Waals surface area contributed by atoms with Gasteiger partial charge in [0.2, 0.25) is 0 Å². The number of ether oxygens (including phenoxy) is 1. The minimum Gasteiger partial charge on any atom is -0.392 e. The Bertz CT molecular complexity index is 155. The molecular formula is C10H18O2. The maximum atomic E-state index is 9.05. The van der Waals surface area contributed by atoms with E-state index >= 15 is 0 Å². The molecule has 1 N–H and O–H groups in total. The van der Waals surface area contributed by atoms with E-state index in [0.29, 0.717) is 11.8 Å². The molecule has 2 nitrogen and oxygen atoms in total. The van der Waals surface area contributed by atoms with E-state index in [1.807, 2.05) is 0 Å². The van der Waals surface area contributed by atoms with Crippen molar-refractivity contribution in [2.45, 2.75) is 20.3 Å². The van der Waals surface area contributed by atoms with Crippen LogP contribution in [-0.4, -0.2) is 24.9 Å². The minimum absolute atomic E-state index is 0.189. The topological polar surface area (TPSA) is 29.5 Å². The first-order chi connectivity index (χ1) is 5.74. The molecule has 0 aliphatic carbocycles. The van der Waals surface area contributed by atoms with Gasteiger partial charge in [-0.3, -0.25) is 0 Å². The Morgan fingerprint density at radius 1 is 1.67 bits per heavy atom. The van der Waals surface area contributed by atoms with Crippen LogP contribution in [0.4, 0.5) is 0 Å². The maximum absolute atomic E-state index is 9.05. The smallest absolute Gasteiger partial charge is 0.0644 e. The monoisotopic (exact) mass is 170 g/mol. The second-order valence-corrected chi connectivity index (χ2v) is 3.68. The zero-order chi connectivity index (χ0) is 8.97. The summed E-state index contributed by atoms with van der Waals surface area (Å²) in [7, 11) is 0. The molecule has 70 valence electrons. The summed E-state index contributed by atoms with van der Waals surface area (Å²) < 4.78 is 5.26. The van der Waals surface area contributed by atoms with Gasteiger partial charge in [-0.1, -0.05) is 19.9 Å². The van der Waals surface area contributed by atoms with Crippen molar-refractivity contribution in [3.05, 3.63) is 11.6 Å². The van der Waals surface area contributed by atoms with Gasteiger partial charge in [-0.05, 0) is 17.9 Å². The van der Waals surface area contributed by atoms with Gasteiger partial charge in [0, 0.05) is 12.5 Å². The lowest BCUT2D eigenvalue weighted by atomic mass is 9.98. The van der Waals surface area contributed by atoms with Crippen LogP contribution < -0.4 is 0 Å². The molecule has 1 rings (SSSR count). The average Bonchev–Trinajstić information content (AvgIpc) is 2.51. The molecule has 0 amide bonds. The van der Waals surface area contributed by atoms with Gasteiger partial charge < -0.3 is 9.84 Å². The molecule has 2 heteroatoms. The fourth-order valence-corrected chi connectivity index (χ4v) is 1.41. The largest absolute Gasteiger partial charge is 0.392 e. The lowest BCUT2D eigenvalue weighted by Crippen LogP contribution is -2.04. The van der Waals surface area contributed by atoms with Crippen molar-refractivity contribution in [1.29, 1.82) is 0 Å². The number of rotatable bonds is 3. The average molecular weight is 170 g/mol. The fourth-order valence-electron chi connectivity index (χ4n) is 1.41. The van der Waals surface area contributed by atoms with Crippen LogP contribution in [0, 0.1) is 11.8 Å². The number of aliphatic hydroxyl groups is 1. The second-order valence-electron chi connectivity index (χ2n) is 3.68. The van der Waals surface area contributed by atoms with E-state index in [2.05, 4.69) is 19.9 Å². The van der Waals surface area contributed by atoms with E-state index in [1.165, 1.54) is 0 Å². The number of hydrogen-bond donors (Lipinski definition) is 1. The minimum atomic E-state index is 0.189. The zero-order valence-electron chi connectivity index (χ0n) is 7.92. The van der Waals surface area contributed by atoms with Crippen molar-refractivity contribution in [3.8, 4) is 0 Å². The molecule has 0 aromatic carbocycles. The predicted molar refractivity (Wildman–Crippen MR) is 48.9 cm³/mol. The molecule has 1 heterocycles. The van der Waals surface area contributed by atoms with E-state index < -0.39 is 0 Å². The highest BCUT2D eigenvalue weighted by Crippen LogP contribution is 2.18. The van der Waals surface area contributed by atoms with Gasteiger partial charge in [-0.15, -0.1) is 0 Å². The van der Waals surface area contributed by atoms with Gasteiger partial charge in [-0.2, -0.15) is 0 Å². The second kappa shape index (κ2) is 4.63. The summed E-state index contributed by atoms with van der Waals surface area (Å²) in [6.45, 7) is 6.11. The highest BCUT2D eigenvalue weighted by Gasteiger charge is 2.14. The van der Waals surface area contributed by atoms with Crippen molar-refractivity contribution in [3.63, 3.8) is 0 Å². The molecule has 0 aromatic rings. The van der Waals surface area contributed by atoms with Crippen LogP contribution in [0.3, 0.4) is 0 Å². The molecule has 1 aliphatic heterocycles. The van der Waals surface area contributed by atoms with Crippen LogP contribution in [0.5, 0.6) is 0 Å². The van der Waals surface area contributed by atoms with E-state index in [-0.39, 0.29) is 6.61 Å². The van der Waals surface area contributed by atoms with E-state index in [1.54, 1.807) is 0 Å². The van der Waals surface area contributed by atoms with Gasteiger partial charge >= 0.3 is 0 Å². The van der Waals surface area contributed by atoms with E-state index in [4.69, 9.17) is 9.84 Å². The molecule has 0 aromatic heterocycles. The van der Waals surface area contributed by atoms with Crippen LogP contribution in [0.25, 0.3) is 0 Å². The lowest BCUT2D eigenvalue weighted by molar-refractivity contribution is 0.191. The summed E-state index contributed by atoms with van der Waals surface area (Å²) in [5.74, 6) is 0.991.